The molecule has 0 saturated heterocycles. The number of carbonyl (C=O) groups is 1. The van der Waals surface area contributed by atoms with Crippen molar-refractivity contribution in [3.8, 4) is 0 Å². The van der Waals surface area contributed by atoms with Gasteiger partial charge in [-0.15, -0.1) is 0 Å². The minimum atomic E-state index is 0.363. The maximum Gasteiger partial charge on any atom is 0.222 e. The fourth-order valence-electron chi connectivity index (χ4n) is 3.47. The quantitative estimate of drug-likeness (QED) is 0.839. The molecule has 1 amide bonds. The third-order valence-electron chi connectivity index (χ3n) is 4.87. The number of nitrogens with zero attached hydrogens (tertiary/aromatic N) is 1. The number of hydrogen-bond donors (Lipinski definition) is 1. The standard InChI is InChI=1S/C15H28N2O/c1-17(14-9-7-13(16)8-10-14)15(18)11-12-5-3-2-4-6-12/h12-14H,2-11,16H2,1H3. The summed E-state index contributed by atoms with van der Waals surface area (Å²) in [5.74, 6) is 1.02. The first-order chi connectivity index (χ1) is 8.66. The topological polar surface area (TPSA) is 46.3 Å². The summed E-state index contributed by atoms with van der Waals surface area (Å²) in [7, 11) is 1.99. The van der Waals surface area contributed by atoms with E-state index in [1.807, 2.05) is 11.9 Å². The van der Waals surface area contributed by atoms with E-state index in [4.69, 9.17) is 5.73 Å². The Morgan fingerprint density at radius 1 is 1.06 bits per heavy atom. The van der Waals surface area contributed by atoms with Crippen LogP contribution in [0.3, 0.4) is 0 Å². The Bertz CT molecular complexity index is 266. The molecule has 2 rings (SSSR count). The van der Waals surface area contributed by atoms with Crippen LogP contribution in [0.5, 0.6) is 0 Å². The van der Waals surface area contributed by atoms with Crippen LogP contribution in [0, 0.1) is 5.92 Å². The summed E-state index contributed by atoms with van der Waals surface area (Å²) in [6.07, 6.45) is 11.6. The van der Waals surface area contributed by atoms with Crippen molar-refractivity contribution in [3.63, 3.8) is 0 Å². The van der Waals surface area contributed by atoms with Crippen LogP contribution in [0.4, 0.5) is 0 Å². The van der Waals surface area contributed by atoms with Gasteiger partial charge in [0.15, 0.2) is 0 Å². The Hall–Kier alpha value is -0.570. The molecular weight excluding hydrogens is 224 g/mol. The Morgan fingerprint density at radius 3 is 2.28 bits per heavy atom. The van der Waals surface area contributed by atoms with E-state index in [-0.39, 0.29) is 0 Å². The minimum Gasteiger partial charge on any atom is -0.343 e. The minimum absolute atomic E-state index is 0.363. The lowest BCUT2D eigenvalue weighted by Crippen LogP contribution is -2.42. The van der Waals surface area contributed by atoms with Crippen molar-refractivity contribution in [2.75, 3.05) is 7.05 Å². The van der Waals surface area contributed by atoms with Crippen LogP contribution < -0.4 is 5.73 Å². The number of carbonyl (C=O) groups excluding carboxylic acids is 1. The smallest absolute Gasteiger partial charge is 0.222 e. The molecule has 18 heavy (non-hydrogen) atoms. The van der Waals surface area contributed by atoms with Gasteiger partial charge in [-0.05, 0) is 44.4 Å². The zero-order chi connectivity index (χ0) is 13.0. The van der Waals surface area contributed by atoms with Crippen LogP contribution in [0.15, 0.2) is 0 Å². The lowest BCUT2D eigenvalue weighted by Gasteiger charge is -2.34. The highest BCUT2D eigenvalue weighted by Crippen LogP contribution is 2.28. The number of hydrogen-bond acceptors (Lipinski definition) is 2. The van der Waals surface area contributed by atoms with Crippen molar-refractivity contribution < 1.29 is 4.79 Å². The molecule has 2 fully saturated rings. The Labute approximate surface area is 111 Å². The highest BCUT2D eigenvalue weighted by atomic mass is 16.2. The molecule has 0 bridgehead atoms. The molecule has 2 aliphatic rings. The summed E-state index contributed by atoms with van der Waals surface area (Å²) in [4.78, 5) is 14.3. The van der Waals surface area contributed by atoms with Gasteiger partial charge in [-0.2, -0.15) is 0 Å². The van der Waals surface area contributed by atoms with E-state index >= 15 is 0 Å². The monoisotopic (exact) mass is 252 g/mol. The highest BCUT2D eigenvalue weighted by Gasteiger charge is 2.26. The van der Waals surface area contributed by atoms with Crippen LogP contribution in [0.1, 0.15) is 64.2 Å². The van der Waals surface area contributed by atoms with Crippen molar-refractivity contribution in [1.82, 2.24) is 4.90 Å². The Balaban J connectivity index is 1.77. The van der Waals surface area contributed by atoms with E-state index in [2.05, 4.69) is 0 Å². The van der Waals surface area contributed by atoms with Crippen LogP contribution in [-0.2, 0) is 4.79 Å². The van der Waals surface area contributed by atoms with Crippen molar-refractivity contribution in [1.29, 1.82) is 0 Å². The maximum absolute atomic E-state index is 12.3. The normalized spacial score (nSPS) is 30.1. The van der Waals surface area contributed by atoms with Gasteiger partial charge in [-0.3, -0.25) is 4.79 Å². The van der Waals surface area contributed by atoms with E-state index in [1.165, 1.54) is 32.1 Å². The van der Waals surface area contributed by atoms with Crippen molar-refractivity contribution >= 4 is 5.91 Å². The average molecular weight is 252 g/mol. The molecule has 0 aromatic heterocycles. The molecule has 0 aliphatic heterocycles. The lowest BCUT2D eigenvalue weighted by molar-refractivity contribution is -0.133. The zero-order valence-electron chi connectivity index (χ0n) is 11.7. The SMILES string of the molecule is CN(C(=O)CC1CCCCC1)C1CCC(N)CC1. The molecule has 0 aromatic rings. The van der Waals surface area contributed by atoms with Gasteiger partial charge in [0.2, 0.25) is 5.91 Å². The Kier molecular flexibility index (Phi) is 5.04. The fourth-order valence-corrected chi connectivity index (χ4v) is 3.47. The second-order valence-electron chi connectivity index (χ2n) is 6.28. The molecule has 0 unspecified atom stereocenters. The second kappa shape index (κ2) is 6.55. The van der Waals surface area contributed by atoms with Crippen molar-refractivity contribution in [3.05, 3.63) is 0 Å². The molecule has 104 valence electrons. The molecule has 2 aliphatic carbocycles. The van der Waals surface area contributed by atoms with Gasteiger partial charge in [0.25, 0.3) is 0 Å². The van der Waals surface area contributed by atoms with Crippen molar-refractivity contribution in [2.45, 2.75) is 76.3 Å². The predicted molar refractivity (Wildman–Crippen MR) is 74.2 cm³/mol. The number of nitrogens with two attached hydrogens (primary N) is 1. The van der Waals surface area contributed by atoms with E-state index in [1.54, 1.807) is 0 Å². The first-order valence-corrected chi connectivity index (χ1v) is 7.68. The maximum atomic E-state index is 12.3. The number of rotatable bonds is 3. The largest absolute Gasteiger partial charge is 0.343 e. The van der Waals surface area contributed by atoms with Crippen molar-refractivity contribution in [2.24, 2.45) is 11.7 Å². The second-order valence-corrected chi connectivity index (χ2v) is 6.28. The van der Waals surface area contributed by atoms with E-state index < -0.39 is 0 Å². The first-order valence-electron chi connectivity index (χ1n) is 7.68. The lowest BCUT2D eigenvalue weighted by atomic mass is 9.86. The molecule has 2 saturated carbocycles. The van der Waals surface area contributed by atoms with Gasteiger partial charge in [-0.1, -0.05) is 19.3 Å². The summed E-state index contributed by atoms with van der Waals surface area (Å²) in [6.45, 7) is 0. The molecule has 0 aromatic carbocycles. The van der Waals surface area contributed by atoms with Crippen LogP contribution in [-0.4, -0.2) is 29.9 Å². The van der Waals surface area contributed by atoms with Gasteiger partial charge in [0, 0.05) is 25.6 Å². The van der Waals surface area contributed by atoms with E-state index in [0.29, 0.717) is 23.9 Å². The van der Waals surface area contributed by atoms with E-state index in [9.17, 15) is 4.79 Å². The molecular formula is C15H28N2O. The summed E-state index contributed by atoms with van der Waals surface area (Å²) in [6, 6.07) is 0.809. The van der Waals surface area contributed by atoms with Gasteiger partial charge in [0.05, 0.1) is 0 Å². The van der Waals surface area contributed by atoms with Gasteiger partial charge in [0.1, 0.15) is 0 Å². The molecule has 0 atom stereocenters. The molecule has 3 heteroatoms. The van der Waals surface area contributed by atoms with Gasteiger partial charge < -0.3 is 10.6 Å². The summed E-state index contributed by atoms with van der Waals surface area (Å²) in [5, 5.41) is 0. The molecule has 3 nitrogen and oxygen atoms in total. The zero-order valence-corrected chi connectivity index (χ0v) is 11.7. The summed E-state index contributed by atoms with van der Waals surface area (Å²) < 4.78 is 0. The van der Waals surface area contributed by atoms with E-state index in [0.717, 1.165) is 32.1 Å². The van der Waals surface area contributed by atoms with Crippen LogP contribution in [0.2, 0.25) is 0 Å². The van der Waals surface area contributed by atoms with Gasteiger partial charge in [-0.25, -0.2) is 0 Å². The third-order valence-corrected chi connectivity index (χ3v) is 4.87. The summed E-state index contributed by atoms with van der Waals surface area (Å²) in [5.41, 5.74) is 5.92. The summed E-state index contributed by atoms with van der Waals surface area (Å²) >= 11 is 0. The van der Waals surface area contributed by atoms with Gasteiger partial charge >= 0.3 is 0 Å². The molecule has 0 radical (unpaired) electrons. The molecule has 0 spiro atoms. The predicted octanol–water partition coefficient (Wildman–Crippen LogP) is 2.69. The first kappa shape index (κ1) is 13.9. The average Bonchev–Trinajstić information content (AvgIpc) is 2.40. The molecule has 2 N–H and O–H groups in total. The molecule has 0 heterocycles. The Morgan fingerprint density at radius 2 is 1.67 bits per heavy atom. The highest BCUT2D eigenvalue weighted by molar-refractivity contribution is 5.76. The third kappa shape index (κ3) is 3.71. The fraction of sp³-hybridized carbons (Fsp3) is 0.933. The van der Waals surface area contributed by atoms with Crippen LogP contribution in [0.25, 0.3) is 0 Å². The van der Waals surface area contributed by atoms with Crippen LogP contribution >= 0.6 is 0 Å². The number of amides is 1.